The number of rotatable bonds is 3. The molecule has 2 aromatic rings. The summed E-state index contributed by atoms with van der Waals surface area (Å²) in [6, 6.07) is 10.8. The summed E-state index contributed by atoms with van der Waals surface area (Å²) >= 11 is 0. The highest BCUT2D eigenvalue weighted by molar-refractivity contribution is 5.92. The van der Waals surface area contributed by atoms with Crippen molar-refractivity contribution < 1.29 is 4.79 Å². The maximum absolute atomic E-state index is 12.1. The third-order valence-electron chi connectivity index (χ3n) is 5.27. The van der Waals surface area contributed by atoms with Gasteiger partial charge >= 0.3 is 0 Å². The molecule has 1 aromatic heterocycles. The Bertz CT molecular complexity index is 697. The molecule has 1 amide bonds. The van der Waals surface area contributed by atoms with E-state index in [1.807, 2.05) is 6.20 Å². The number of amides is 1. The third-order valence-corrected chi connectivity index (χ3v) is 5.27. The van der Waals surface area contributed by atoms with Crippen molar-refractivity contribution in [1.29, 1.82) is 0 Å². The molecule has 0 spiro atoms. The number of hydrogen-bond acceptors (Lipinski definition) is 3. The van der Waals surface area contributed by atoms with Crippen molar-refractivity contribution in [2.75, 3.05) is 18.0 Å². The van der Waals surface area contributed by atoms with Crippen LogP contribution in [0.2, 0.25) is 0 Å². The van der Waals surface area contributed by atoms with Crippen LogP contribution in [0.3, 0.4) is 0 Å². The molecular weight excluding hydrogens is 286 g/mol. The summed E-state index contributed by atoms with van der Waals surface area (Å²) in [7, 11) is 0. The first-order chi connectivity index (χ1) is 11.3. The summed E-state index contributed by atoms with van der Waals surface area (Å²) in [6.07, 6.45) is 7.26. The second-order valence-corrected chi connectivity index (χ2v) is 6.75. The highest BCUT2D eigenvalue weighted by atomic mass is 16.2. The maximum atomic E-state index is 12.1. The Morgan fingerprint density at radius 1 is 1.09 bits per heavy atom. The van der Waals surface area contributed by atoms with Gasteiger partial charge in [0.15, 0.2) is 0 Å². The van der Waals surface area contributed by atoms with E-state index in [1.165, 1.54) is 17.2 Å². The molecule has 1 saturated heterocycles. The summed E-state index contributed by atoms with van der Waals surface area (Å²) < 4.78 is 0. The van der Waals surface area contributed by atoms with E-state index in [4.69, 9.17) is 0 Å². The van der Waals surface area contributed by atoms with Crippen molar-refractivity contribution in [3.8, 4) is 0 Å². The normalized spacial score (nSPS) is 19.6. The maximum Gasteiger partial charge on any atom is 0.223 e. The number of carbonyl (C=O) groups is 1. The molecule has 0 atom stereocenters. The first-order valence-corrected chi connectivity index (χ1v) is 8.70. The molecule has 1 aliphatic carbocycles. The minimum atomic E-state index is 0.276. The largest absolute Gasteiger partial charge is 0.356 e. The molecule has 4 rings (SSSR count). The minimum Gasteiger partial charge on any atom is -0.356 e. The lowest BCUT2D eigenvalue weighted by atomic mass is 9.84. The zero-order valence-electron chi connectivity index (χ0n) is 13.4. The summed E-state index contributed by atoms with van der Waals surface area (Å²) in [5.74, 6) is 1.64. The number of hydrogen-bond donors (Lipinski definition) is 1. The fraction of sp³-hybridized carbons (Fsp3) is 0.474. The third kappa shape index (κ3) is 2.90. The van der Waals surface area contributed by atoms with E-state index >= 15 is 0 Å². The highest BCUT2D eigenvalue weighted by Gasteiger charge is 2.28. The first kappa shape index (κ1) is 14.5. The van der Waals surface area contributed by atoms with E-state index in [0.717, 1.165) is 44.6 Å². The topological polar surface area (TPSA) is 45.2 Å². The molecule has 1 saturated carbocycles. The van der Waals surface area contributed by atoms with Crippen LogP contribution in [0.1, 0.15) is 32.1 Å². The van der Waals surface area contributed by atoms with Crippen LogP contribution < -0.4 is 10.2 Å². The number of aromatic nitrogens is 1. The number of anilines is 1. The first-order valence-electron chi connectivity index (χ1n) is 8.70. The fourth-order valence-electron chi connectivity index (χ4n) is 3.58. The standard InChI is InChI=1S/C19H23N3O/c23-19(15-5-3-6-15)21-16-9-12-22(13-10-16)18-17-7-2-1-4-14(17)8-11-20-18/h1-2,4,7-8,11,15-16H,3,5-6,9-10,12-13H2,(H,21,23). The van der Waals surface area contributed by atoms with Crippen LogP contribution in [-0.2, 0) is 4.79 Å². The zero-order valence-corrected chi connectivity index (χ0v) is 13.4. The lowest BCUT2D eigenvalue weighted by Gasteiger charge is -2.35. The van der Waals surface area contributed by atoms with E-state index in [2.05, 4.69) is 45.5 Å². The summed E-state index contributed by atoms with van der Waals surface area (Å²) in [5, 5.41) is 5.69. The predicted molar refractivity (Wildman–Crippen MR) is 92.5 cm³/mol. The van der Waals surface area contributed by atoms with Crippen molar-refractivity contribution in [2.45, 2.75) is 38.1 Å². The lowest BCUT2D eigenvalue weighted by Crippen LogP contribution is -2.47. The van der Waals surface area contributed by atoms with E-state index < -0.39 is 0 Å². The van der Waals surface area contributed by atoms with Gasteiger partial charge in [-0.15, -0.1) is 0 Å². The average molecular weight is 309 g/mol. The summed E-state index contributed by atoms with van der Waals surface area (Å²) in [4.78, 5) is 19.0. The van der Waals surface area contributed by atoms with Gasteiger partial charge in [0, 0.05) is 36.6 Å². The van der Waals surface area contributed by atoms with Crippen molar-refractivity contribution in [3.63, 3.8) is 0 Å². The van der Waals surface area contributed by atoms with Crippen LogP contribution in [0.5, 0.6) is 0 Å². The Labute approximate surface area is 136 Å². The molecule has 1 aromatic carbocycles. The quantitative estimate of drug-likeness (QED) is 0.947. The number of piperidine rings is 1. The molecule has 0 radical (unpaired) electrons. The van der Waals surface area contributed by atoms with E-state index in [0.29, 0.717) is 6.04 Å². The zero-order chi connectivity index (χ0) is 15.6. The van der Waals surface area contributed by atoms with Crippen LogP contribution >= 0.6 is 0 Å². The van der Waals surface area contributed by atoms with E-state index in [-0.39, 0.29) is 11.8 Å². The molecule has 0 bridgehead atoms. The Morgan fingerprint density at radius 3 is 2.61 bits per heavy atom. The van der Waals surface area contributed by atoms with Crippen LogP contribution in [0.25, 0.3) is 10.8 Å². The van der Waals surface area contributed by atoms with Crippen LogP contribution in [0, 0.1) is 5.92 Å². The molecule has 120 valence electrons. The number of pyridine rings is 1. The van der Waals surface area contributed by atoms with Crippen molar-refractivity contribution in [1.82, 2.24) is 10.3 Å². The number of nitrogens with zero attached hydrogens (tertiary/aromatic N) is 2. The van der Waals surface area contributed by atoms with Gasteiger partial charge in [0.25, 0.3) is 0 Å². The summed E-state index contributed by atoms with van der Waals surface area (Å²) in [5.41, 5.74) is 0. The monoisotopic (exact) mass is 309 g/mol. The number of benzene rings is 1. The summed E-state index contributed by atoms with van der Waals surface area (Å²) in [6.45, 7) is 1.91. The Kier molecular flexibility index (Phi) is 3.90. The fourth-order valence-corrected chi connectivity index (χ4v) is 3.58. The molecule has 0 unspecified atom stereocenters. The average Bonchev–Trinajstić information content (AvgIpc) is 2.53. The van der Waals surface area contributed by atoms with Gasteiger partial charge in [0.1, 0.15) is 5.82 Å². The molecule has 2 aliphatic rings. The van der Waals surface area contributed by atoms with Gasteiger partial charge in [-0.25, -0.2) is 4.98 Å². The molecular formula is C19H23N3O. The molecule has 2 heterocycles. The smallest absolute Gasteiger partial charge is 0.223 e. The molecule has 2 fully saturated rings. The van der Waals surface area contributed by atoms with Gasteiger partial charge in [0.2, 0.25) is 5.91 Å². The van der Waals surface area contributed by atoms with Crippen LogP contribution in [-0.4, -0.2) is 30.0 Å². The number of fused-ring (bicyclic) bond motifs is 1. The van der Waals surface area contributed by atoms with Gasteiger partial charge in [-0.05, 0) is 37.1 Å². The highest BCUT2D eigenvalue weighted by Crippen LogP contribution is 2.28. The molecule has 1 N–H and O–H groups in total. The Hall–Kier alpha value is -2.10. The Balaban J connectivity index is 1.41. The second kappa shape index (κ2) is 6.19. The van der Waals surface area contributed by atoms with E-state index in [1.54, 1.807) is 0 Å². The lowest BCUT2D eigenvalue weighted by molar-refractivity contribution is -0.128. The van der Waals surface area contributed by atoms with Gasteiger partial charge in [0.05, 0.1) is 0 Å². The van der Waals surface area contributed by atoms with Crippen molar-refractivity contribution in [2.24, 2.45) is 5.92 Å². The minimum absolute atomic E-state index is 0.276. The number of nitrogens with one attached hydrogen (secondary N) is 1. The molecule has 4 nitrogen and oxygen atoms in total. The van der Waals surface area contributed by atoms with Crippen molar-refractivity contribution in [3.05, 3.63) is 36.5 Å². The van der Waals surface area contributed by atoms with Gasteiger partial charge in [-0.1, -0.05) is 30.7 Å². The Morgan fingerprint density at radius 2 is 1.87 bits per heavy atom. The second-order valence-electron chi connectivity index (χ2n) is 6.75. The SMILES string of the molecule is O=C(NC1CCN(c2nccc3ccccc23)CC1)C1CCC1. The molecule has 4 heteroatoms. The van der Waals surface area contributed by atoms with Crippen LogP contribution in [0.4, 0.5) is 5.82 Å². The predicted octanol–water partition coefficient (Wildman–Crippen LogP) is 3.12. The molecule has 23 heavy (non-hydrogen) atoms. The van der Waals surface area contributed by atoms with Gasteiger partial charge in [-0.2, -0.15) is 0 Å². The number of carbonyl (C=O) groups excluding carboxylic acids is 1. The van der Waals surface area contributed by atoms with E-state index in [9.17, 15) is 4.79 Å². The molecule has 1 aliphatic heterocycles. The van der Waals surface area contributed by atoms with Gasteiger partial charge < -0.3 is 10.2 Å². The van der Waals surface area contributed by atoms with Gasteiger partial charge in [-0.3, -0.25) is 4.79 Å². The van der Waals surface area contributed by atoms with Crippen molar-refractivity contribution >= 4 is 22.5 Å². The van der Waals surface area contributed by atoms with Crippen LogP contribution in [0.15, 0.2) is 36.5 Å².